The van der Waals surface area contributed by atoms with Crippen LogP contribution < -0.4 is 0 Å². The Balaban J connectivity index is 1.78. The van der Waals surface area contributed by atoms with Gasteiger partial charge in [0.2, 0.25) is 0 Å². The lowest BCUT2D eigenvalue weighted by atomic mass is 9.98. The number of amides is 1. The number of nitrogens with zero attached hydrogens (tertiary/aromatic N) is 1. The van der Waals surface area contributed by atoms with Crippen molar-refractivity contribution in [1.29, 1.82) is 0 Å². The van der Waals surface area contributed by atoms with Crippen molar-refractivity contribution in [3.05, 3.63) is 59.7 Å². The lowest BCUT2D eigenvalue weighted by molar-refractivity contribution is -0.145. The number of ether oxygens (including phenoxy) is 2. The van der Waals surface area contributed by atoms with E-state index in [-0.39, 0.29) is 19.1 Å². The number of carbonyl (C=O) groups excluding carboxylic acids is 1. The van der Waals surface area contributed by atoms with Gasteiger partial charge in [0.25, 0.3) is 0 Å². The van der Waals surface area contributed by atoms with Crippen LogP contribution in [-0.4, -0.2) is 55.5 Å². The maximum absolute atomic E-state index is 13.0. The van der Waals surface area contributed by atoms with Crippen LogP contribution in [0.1, 0.15) is 37.8 Å². The van der Waals surface area contributed by atoms with Crippen LogP contribution in [0.15, 0.2) is 48.5 Å². The Hall–Kier alpha value is -2.64. The molecule has 0 spiro atoms. The van der Waals surface area contributed by atoms with E-state index in [2.05, 4.69) is 24.3 Å². The molecule has 3 rings (SSSR count). The minimum Gasteiger partial charge on any atom is -0.480 e. The standard InChI is InChI=1S/C24H30NO5Si/c1-24(2,3)30-15-21(22(26)27)25(31(4)5)23(28)29-14-20-18-12-8-6-10-16(18)17-11-7-9-13-19(17)20/h6-13,20-21H,14-15H2,1-5H3,(H,26,27)/t21-/m0/s1. The summed E-state index contributed by atoms with van der Waals surface area (Å²) in [5.41, 5.74) is 4.02. The summed E-state index contributed by atoms with van der Waals surface area (Å²) in [5, 5.41) is 9.77. The fraction of sp³-hybridized carbons (Fsp3) is 0.417. The summed E-state index contributed by atoms with van der Waals surface area (Å²) in [6, 6.07) is 15.1. The van der Waals surface area contributed by atoms with Gasteiger partial charge < -0.3 is 19.1 Å². The largest absolute Gasteiger partial charge is 0.480 e. The van der Waals surface area contributed by atoms with Crippen molar-refractivity contribution in [3.63, 3.8) is 0 Å². The van der Waals surface area contributed by atoms with Gasteiger partial charge in [0.15, 0.2) is 8.96 Å². The van der Waals surface area contributed by atoms with Crippen molar-refractivity contribution in [2.45, 2.75) is 51.4 Å². The van der Waals surface area contributed by atoms with Gasteiger partial charge >= 0.3 is 12.1 Å². The molecule has 0 saturated carbocycles. The SMILES string of the molecule is C[Si](C)N(C(=O)OCC1c2ccccc2-c2ccccc21)[C@@H](COC(C)(C)C)C(=O)O. The zero-order valence-corrected chi connectivity index (χ0v) is 19.7. The van der Waals surface area contributed by atoms with Gasteiger partial charge in [-0.2, -0.15) is 0 Å². The Kier molecular flexibility index (Phi) is 6.86. The Morgan fingerprint density at radius 1 is 1.03 bits per heavy atom. The van der Waals surface area contributed by atoms with Crippen molar-refractivity contribution in [3.8, 4) is 11.1 Å². The van der Waals surface area contributed by atoms with E-state index in [0.717, 1.165) is 22.3 Å². The van der Waals surface area contributed by atoms with Crippen LogP contribution in [0.3, 0.4) is 0 Å². The van der Waals surface area contributed by atoms with Crippen LogP contribution in [0.4, 0.5) is 4.79 Å². The van der Waals surface area contributed by atoms with Crippen molar-refractivity contribution in [2.24, 2.45) is 0 Å². The second-order valence-electron chi connectivity index (χ2n) is 8.90. The molecule has 1 amide bonds. The molecular formula is C24H30NO5Si. The second kappa shape index (κ2) is 9.24. The van der Waals surface area contributed by atoms with Crippen molar-refractivity contribution in [2.75, 3.05) is 13.2 Å². The van der Waals surface area contributed by atoms with E-state index in [9.17, 15) is 14.7 Å². The normalized spacial score (nSPS) is 14.1. The highest BCUT2D eigenvalue weighted by Gasteiger charge is 2.36. The number of benzene rings is 2. The minimum absolute atomic E-state index is 0.0725. The van der Waals surface area contributed by atoms with Crippen molar-refractivity contribution < 1.29 is 24.2 Å². The van der Waals surface area contributed by atoms with E-state index in [1.807, 2.05) is 58.1 Å². The lowest BCUT2D eigenvalue weighted by Crippen LogP contribution is -2.54. The predicted octanol–water partition coefficient (Wildman–Crippen LogP) is 4.76. The fourth-order valence-electron chi connectivity index (χ4n) is 3.87. The third kappa shape index (κ3) is 5.17. The summed E-state index contributed by atoms with van der Waals surface area (Å²) in [4.78, 5) is 25.0. The van der Waals surface area contributed by atoms with E-state index in [1.54, 1.807) is 0 Å². The average Bonchev–Trinajstić information content (AvgIpc) is 3.02. The number of hydrogen-bond donors (Lipinski definition) is 1. The molecular weight excluding hydrogens is 410 g/mol. The van der Waals surface area contributed by atoms with Gasteiger partial charge in [-0.15, -0.1) is 0 Å². The second-order valence-corrected chi connectivity index (χ2v) is 11.3. The number of fused-ring (bicyclic) bond motifs is 3. The molecule has 0 fully saturated rings. The zero-order chi connectivity index (χ0) is 22.8. The first kappa shape index (κ1) is 23.0. The molecule has 2 aromatic carbocycles. The number of hydrogen-bond acceptors (Lipinski definition) is 4. The van der Waals surface area contributed by atoms with Crippen LogP contribution in [0.25, 0.3) is 11.1 Å². The molecule has 0 aromatic heterocycles. The third-order valence-corrected chi connectivity index (χ3v) is 6.74. The highest BCUT2D eigenvalue weighted by atomic mass is 28.3. The maximum atomic E-state index is 13.0. The average molecular weight is 441 g/mol. The first-order valence-corrected chi connectivity index (χ1v) is 12.9. The van der Waals surface area contributed by atoms with Gasteiger partial charge in [-0.25, -0.2) is 9.59 Å². The van der Waals surface area contributed by atoms with E-state index in [0.29, 0.717) is 0 Å². The van der Waals surface area contributed by atoms with Gasteiger partial charge in [0.1, 0.15) is 12.6 Å². The van der Waals surface area contributed by atoms with E-state index >= 15 is 0 Å². The number of carboxylic acids is 1. The molecule has 1 aliphatic rings. The monoisotopic (exact) mass is 440 g/mol. The zero-order valence-electron chi connectivity index (χ0n) is 18.7. The van der Waals surface area contributed by atoms with Gasteiger partial charge in [-0.05, 0) is 43.0 Å². The quantitative estimate of drug-likeness (QED) is 0.629. The van der Waals surface area contributed by atoms with Crippen molar-refractivity contribution in [1.82, 2.24) is 4.57 Å². The molecule has 1 N–H and O–H groups in total. The van der Waals surface area contributed by atoms with Crippen LogP contribution in [0, 0.1) is 0 Å². The molecule has 6 nitrogen and oxygen atoms in total. The summed E-state index contributed by atoms with van der Waals surface area (Å²) >= 11 is 0. The highest BCUT2D eigenvalue weighted by molar-refractivity contribution is 6.55. The highest BCUT2D eigenvalue weighted by Crippen LogP contribution is 2.44. The Labute approximate surface area is 185 Å². The number of carbonyl (C=O) groups is 2. The topological polar surface area (TPSA) is 76.1 Å². The maximum Gasteiger partial charge on any atom is 0.402 e. The van der Waals surface area contributed by atoms with E-state index in [1.165, 1.54) is 4.57 Å². The molecule has 31 heavy (non-hydrogen) atoms. The smallest absolute Gasteiger partial charge is 0.402 e. The summed E-state index contributed by atoms with van der Waals surface area (Å²) < 4.78 is 12.8. The van der Waals surface area contributed by atoms with Crippen LogP contribution in [-0.2, 0) is 14.3 Å². The fourth-order valence-corrected chi connectivity index (χ4v) is 5.11. The molecule has 0 heterocycles. The first-order valence-electron chi connectivity index (χ1n) is 10.4. The Morgan fingerprint density at radius 3 is 2.00 bits per heavy atom. The molecule has 1 radical (unpaired) electrons. The molecule has 0 unspecified atom stereocenters. The molecule has 0 saturated heterocycles. The Morgan fingerprint density at radius 2 is 1.55 bits per heavy atom. The summed E-state index contributed by atoms with van der Waals surface area (Å²) in [6.07, 6.45) is -0.606. The van der Waals surface area contributed by atoms with Crippen LogP contribution in [0.2, 0.25) is 13.1 Å². The summed E-state index contributed by atoms with van der Waals surface area (Å²) in [6.45, 7) is 9.38. The van der Waals surface area contributed by atoms with Gasteiger partial charge in [0.05, 0.1) is 12.2 Å². The number of rotatable bonds is 7. The first-order chi connectivity index (χ1) is 14.6. The van der Waals surface area contributed by atoms with E-state index in [4.69, 9.17) is 9.47 Å². The van der Waals surface area contributed by atoms with E-state index < -0.39 is 32.7 Å². The third-order valence-electron chi connectivity index (χ3n) is 5.29. The summed E-state index contributed by atoms with van der Waals surface area (Å²) in [5.74, 6) is -1.17. The molecule has 0 aliphatic heterocycles. The predicted molar refractivity (Wildman–Crippen MR) is 122 cm³/mol. The van der Waals surface area contributed by atoms with Gasteiger partial charge in [-0.1, -0.05) is 61.6 Å². The summed E-state index contributed by atoms with van der Waals surface area (Å²) in [7, 11) is -1.45. The Bertz CT molecular complexity index is 907. The van der Waals surface area contributed by atoms with Crippen LogP contribution in [0.5, 0.6) is 0 Å². The van der Waals surface area contributed by atoms with Crippen LogP contribution >= 0.6 is 0 Å². The lowest BCUT2D eigenvalue weighted by Gasteiger charge is -2.33. The molecule has 0 bridgehead atoms. The molecule has 165 valence electrons. The number of aliphatic carboxylic acids is 1. The molecule has 2 aromatic rings. The van der Waals surface area contributed by atoms with Gasteiger partial charge in [0, 0.05) is 5.92 Å². The van der Waals surface area contributed by atoms with Crippen molar-refractivity contribution >= 4 is 21.0 Å². The molecule has 1 aliphatic carbocycles. The minimum atomic E-state index is -1.45. The van der Waals surface area contributed by atoms with Gasteiger partial charge in [-0.3, -0.25) is 0 Å². The molecule has 7 heteroatoms. The number of carboxylic acid groups (broad SMARTS) is 1. The molecule has 1 atom stereocenters.